The van der Waals surface area contributed by atoms with Crippen LogP contribution in [0.25, 0.3) is 0 Å². The van der Waals surface area contributed by atoms with E-state index in [1.165, 1.54) is 0 Å². The molecule has 1 unspecified atom stereocenters. The Morgan fingerprint density at radius 3 is 3.08 bits per heavy atom. The maximum absolute atomic E-state index is 5.26. The van der Waals surface area contributed by atoms with E-state index in [9.17, 15) is 0 Å². The van der Waals surface area contributed by atoms with Crippen molar-refractivity contribution in [1.29, 1.82) is 0 Å². The number of aromatic nitrogens is 1. The summed E-state index contributed by atoms with van der Waals surface area (Å²) in [5, 5.41) is 0. The third-order valence-corrected chi connectivity index (χ3v) is 1.40. The normalized spacial score (nSPS) is 11.5. The molecule has 0 radical (unpaired) electrons. The number of terminal acetylenes is 1. The molecule has 0 aliphatic carbocycles. The Kier molecular flexibility index (Phi) is 3.12. The van der Waals surface area contributed by atoms with Crippen molar-refractivity contribution in [1.82, 2.24) is 4.98 Å². The molecule has 0 bridgehead atoms. The highest BCUT2D eigenvalue weighted by atomic mass is 16.5. The third kappa shape index (κ3) is 2.65. The fourth-order valence-corrected chi connectivity index (χ4v) is 0.776. The van der Waals surface area contributed by atoms with Gasteiger partial charge in [0.2, 0.25) is 5.88 Å². The molecule has 0 aromatic carbocycles. The summed E-state index contributed by atoms with van der Waals surface area (Å²) in [4.78, 5) is 4.03. The Morgan fingerprint density at radius 2 is 2.46 bits per heavy atom. The van der Waals surface area contributed by atoms with Crippen molar-refractivity contribution in [2.75, 3.05) is 5.43 Å². The summed E-state index contributed by atoms with van der Waals surface area (Å²) in [6.07, 6.45) is 4.86. The van der Waals surface area contributed by atoms with Crippen LogP contribution in [0.15, 0.2) is 18.2 Å². The van der Waals surface area contributed by atoms with Gasteiger partial charge in [-0.3, -0.25) is 0 Å². The monoisotopic (exact) mass is 177 g/mol. The number of nitrogens with zero attached hydrogens (tertiary/aromatic N) is 1. The Bertz CT molecular complexity index is 319. The number of nitrogens with one attached hydrogen (secondary N) is 1. The smallest absolute Gasteiger partial charge is 0.216 e. The van der Waals surface area contributed by atoms with Crippen molar-refractivity contribution in [3.8, 4) is 18.2 Å². The lowest BCUT2D eigenvalue weighted by Gasteiger charge is -2.08. The van der Waals surface area contributed by atoms with E-state index in [-0.39, 0.29) is 6.10 Å². The molecule has 13 heavy (non-hydrogen) atoms. The fraction of sp³-hybridized carbons (Fsp3) is 0.222. The maximum Gasteiger partial charge on any atom is 0.216 e. The van der Waals surface area contributed by atoms with Crippen LogP contribution in [0.2, 0.25) is 0 Å². The van der Waals surface area contributed by atoms with Crippen LogP contribution >= 0.6 is 0 Å². The summed E-state index contributed by atoms with van der Waals surface area (Å²) in [6.45, 7) is 1.77. The van der Waals surface area contributed by atoms with Crippen molar-refractivity contribution >= 4 is 5.82 Å². The standard InChI is InChI=1S/C9H11N3O/c1-3-7(2)13-9-6-4-5-8(11-9)12-10/h1,4-7H,10H2,2H3,(H,11,12). The molecule has 1 heterocycles. The van der Waals surface area contributed by atoms with Crippen LogP contribution in [0.4, 0.5) is 5.82 Å². The van der Waals surface area contributed by atoms with Crippen molar-refractivity contribution in [2.45, 2.75) is 13.0 Å². The van der Waals surface area contributed by atoms with Gasteiger partial charge in [-0.1, -0.05) is 12.0 Å². The summed E-state index contributed by atoms with van der Waals surface area (Å²) in [5.74, 6) is 8.61. The van der Waals surface area contributed by atoms with E-state index in [4.69, 9.17) is 17.0 Å². The maximum atomic E-state index is 5.26. The molecule has 0 aliphatic heterocycles. The minimum atomic E-state index is -0.291. The van der Waals surface area contributed by atoms with Gasteiger partial charge in [-0.25, -0.2) is 5.84 Å². The minimum Gasteiger partial charge on any atom is -0.461 e. The van der Waals surface area contributed by atoms with Gasteiger partial charge in [0, 0.05) is 6.07 Å². The van der Waals surface area contributed by atoms with Crippen LogP contribution in [-0.2, 0) is 0 Å². The SMILES string of the molecule is C#CC(C)Oc1cccc(NN)n1. The minimum absolute atomic E-state index is 0.291. The van der Waals surface area contributed by atoms with Gasteiger partial charge in [0.05, 0.1) is 0 Å². The molecule has 0 fully saturated rings. The number of nitrogens with two attached hydrogens (primary N) is 1. The number of anilines is 1. The van der Waals surface area contributed by atoms with E-state index < -0.39 is 0 Å². The number of ether oxygens (including phenoxy) is 1. The zero-order valence-corrected chi connectivity index (χ0v) is 7.32. The average molecular weight is 177 g/mol. The first kappa shape index (κ1) is 9.36. The quantitative estimate of drug-likeness (QED) is 0.406. The zero-order chi connectivity index (χ0) is 9.68. The Balaban J connectivity index is 2.73. The summed E-state index contributed by atoms with van der Waals surface area (Å²) in [7, 11) is 0. The van der Waals surface area contributed by atoms with Crippen LogP contribution < -0.4 is 16.0 Å². The molecule has 0 saturated heterocycles. The lowest BCUT2D eigenvalue weighted by molar-refractivity contribution is 0.268. The number of pyridine rings is 1. The molecule has 1 atom stereocenters. The molecule has 3 N–H and O–H groups in total. The topological polar surface area (TPSA) is 60.2 Å². The van der Waals surface area contributed by atoms with Gasteiger partial charge in [-0.2, -0.15) is 4.98 Å². The molecule has 0 spiro atoms. The van der Waals surface area contributed by atoms with Crippen LogP contribution in [0.3, 0.4) is 0 Å². The summed E-state index contributed by atoms with van der Waals surface area (Å²) in [5.41, 5.74) is 2.42. The largest absolute Gasteiger partial charge is 0.461 e. The van der Waals surface area contributed by atoms with Crippen LogP contribution in [-0.4, -0.2) is 11.1 Å². The molecule has 4 nitrogen and oxygen atoms in total. The van der Waals surface area contributed by atoms with Gasteiger partial charge in [0.15, 0.2) is 6.10 Å². The highest BCUT2D eigenvalue weighted by Crippen LogP contribution is 2.11. The van der Waals surface area contributed by atoms with E-state index in [2.05, 4.69) is 16.3 Å². The summed E-state index contributed by atoms with van der Waals surface area (Å²) in [6, 6.07) is 5.23. The van der Waals surface area contributed by atoms with Crippen LogP contribution in [0.1, 0.15) is 6.92 Å². The number of nitrogen functional groups attached to an aromatic ring is 1. The first-order chi connectivity index (χ1) is 6.26. The second-order valence-electron chi connectivity index (χ2n) is 2.43. The first-order valence-electron chi connectivity index (χ1n) is 3.82. The highest BCUT2D eigenvalue weighted by molar-refractivity contribution is 5.35. The van der Waals surface area contributed by atoms with Crippen molar-refractivity contribution in [2.24, 2.45) is 5.84 Å². The summed E-state index contributed by atoms with van der Waals surface area (Å²) < 4.78 is 5.26. The predicted octanol–water partition coefficient (Wildman–Crippen LogP) is 0.768. The average Bonchev–Trinajstić information content (AvgIpc) is 2.18. The third-order valence-electron chi connectivity index (χ3n) is 1.40. The molecule has 1 aromatic rings. The van der Waals surface area contributed by atoms with Crippen LogP contribution in [0, 0.1) is 12.3 Å². The second-order valence-corrected chi connectivity index (χ2v) is 2.43. The lowest BCUT2D eigenvalue weighted by Crippen LogP contribution is -2.12. The van der Waals surface area contributed by atoms with Gasteiger partial charge < -0.3 is 10.2 Å². The van der Waals surface area contributed by atoms with E-state index in [0.29, 0.717) is 11.7 Å². The van der Waals surface area contributed by atoms with Crippen molar-refractivity contribution in [3.63, 3.8) is 0 Å². The number of hydrogen-bond acceptors (Lipinski definition) is 4. The number of hydrazine groups is 1. The highest BCUT2D eigenvalue weighted by Gasteiger charge is 2.00. The molecule has 0 aliphatic rings. The zero-order valence-electron chi connectivity index (χ0n) is 7.32. The molecular weight excluding hydrogens is 166 g/mol. The number of rotatable bonds is 3. The molecular formula is C9H11N3O. The Hall–Kier alpha value is -1.73. The van der Waals surface area contributed by atoms with E-state index in [1.807, 2.05) is 0 Å². The Morgan fingerprint density at radius 1 is 1.69 bits per heavy atom. The summed E-state index contributed by atoms with van der Waals surface area (Å²) >= 11 is 0. The second kappa shape index (κ2) is 4.33. The molecule has 0 amide bonds. The molecule has 4 heteroatoms. The van der Waals surface area contributed by atoms with E-state index >= 15 is 0 Å². The van der Waals surface area contributed by atoms with E-state index in [0.717, 1.165) is 0 Å². The lowest BCUT2D eigenvalue weighted by atomic mass is 10.4. The van der Waals surface area contributed by atoms with E-state index in [1.54, 1.807) is 25.1 Å². The van der Waals surface area contributed by atoms with Gasteiger partial charge in [-0.05, 0) is 13.0 Å². The van der Waals surface area contributed by atoms with Gasteiger partial charge >= 0.3 is 0 Å². The number of hydrogen-bond donors (Lipinski definition) is 2. The Labute approximate surface area is 77.1 Å². The van der Waals surface area contributed by atoms with Crippen LogP contribution in [0.5, 0.6) is 5.88 Å². The van der Waals surface area contributed by atoms with Gasteiger partial charge in [0.25, 0.3) is 0 Å². The predicted molar refractivity (Wildman–Crippen MR) is 51.0 cm³/mol. The molecule has 1 aromatic heterocycles. The van der Waals surface area contributed by atoms with Crippen molar-refractivity contribution < 1.29 is 4.74 Å². The fourth-order valence-electron chi connectivity index (χ4n) is 0.776. The van der Waals surface area contributed by atoms with Crippen molar-refractivity contribution in [3.05, 3.63) is 18.2 Å². The molecule has 1 rings (SSSR count). The molecule has 0 saturated carbocycles. The molecule has 68 valence electrons. The van der Waals surface area contributed by atoms with Gasteiger partial charge in [0.1, 0.15) is 5.82 Å². The first-order valence-corrected chi connectivity index (χ1v) is 3.82. The van der Waals surface area contributed by atoms with Gasteiger partial charge in [-0.15, -0.1) is 6.42 Å².